The van der Waals surface area contributed by atoms with Crippen LogP contribution in [0.4, 0.5) is 4.39 Å². The van der Waals surface area contributed by atoms with E-state index in [1.54, 1.807) is 0 Å². The van der Waals surface area contributed by atoms with Crippen molar-refractivity contribution >= 4 is 0 Å². The van der Waals surface area contributed by atoms with E-state index < -0.39 is 6.67 Å². The molecule has 0 spiro atoms. The van der Waals surface area contributed by atoms with Crippen molar-refractivity contribution in [2.75, 3.05) is 26.4 Å². The molecule has 2 rings (SSSR count). The van der Waals surface area contributed by atoms with E-state index in [1.165, 1.54) is 0 Å². The monoisotopic (exact) mass is 239 g/mol. The smallest absolute Gasteiger partial charge is 0.127 e. The summed E-state index contributed by atoms with van der Waals surface area (Å²) in [5, 5.41) is 3.42. The standard InChI is InChI=1S/C13H18FNO2/c1-2-6-15-12-9-17-13-8-10(16-7-5-14)3-4-11(12)13/h3-4,8,12,15H,2,5-7,9H2,1H3. The zero-order valence-corrected chi connectivity index (χ0v) is 10.0. The SMILES string of the molecule is CCCNC1COc2cc(OCCF)ccc21. The van der Waals surface area contributed by atoms with Gasteiger partial charge in [0.25, 0.3) is 0 Å². The van der Waals surface area contributed by atoms with Crippen LogP contribution in [0.15, 0.2) is 18.2 Å². The predicted octanol–water partition coefficient (Wildman–Crippen LogP) is 2.47. The second-order valence-corrected chi connectivity index (χ2v) is 4.05. The lowest BCUT2D eigenvalue weighted by atomic mass is 10.1. The van der Waals surface area contributed by atoms with Gasteiger partial charge < -0.3 is 14.8 Å². The van der Waals surface area contributed by atoms with Crippen molar-refractivity contribution < 1.29 is 13.9 Å². The average molecular weight is 239 g/mol. The van der Waals surface area contributed by atoms with Crippen LogP contribution in [0.3, 0.4) is 0 Å². The zero-order chi connectivity index (χ0) is 12.1. The maximum atomic E-state index is 12.0. The molecular weight excluding hydrogens is 221 g/mol. The van der Waals surface area contributed by atoms with Gasteiger partial charge in [-0.15, -0.1) is 0 Å². The van der Waals surface area contributed by atoms with Gasteiger partial charge in [-0.25, -0.2) is 4.39 Å². The Morgan fingerprint density at radius 1 is 1.53 bits per heavy atom. The van der Waals surface area contributed by atoms with Gasteiger partial charge in [0, 0.05) is 11.6 Å². The minimum Gasteiger partial charge on any atom is -0.491 e. The number of ether oxygens (including phenoxy) is 2. The van der Waals surface area contributed by atoms with Crippen molar-refractivity contribution in [1.29, 1.82) is 0 Å². The Balaban J connectivity index is 2.03. The fourth-order valence-electron chi connectivity index (χ4n) is 1.92. The Morgan fingerprint density at radius 2 is 2.41 bits per heavy atom. The minimum absolute atomic E-state index is 0.0936. The molecule has 1 aliphatic rings. The normalized spacial score (nSPS) is 17.6. The van der Waals surface area contributed by atoms with E-state index in [0.717, 1.165) is 24.3 Å². The van der Waals surface area contributed by atoms with Crippen LogP contribution in [0, 0.1) is 0 Å². The molecule has 0 aliphatic carbocycles. The largest absolute Gasteiger partial charge is 0.491 e. The third-order valence-corrected chi connectivity index (χ3v) is 2.75. The van der Waals surface area contributed by atoms with Crippen LogP contribution >= 0.6 is 0 Å². The van der Waals surface area contributed by atoms with Gasteiger partial charge in [0.05, 0.1) is 6.04 Å². The second kappa shape index (κ2) is 5.87. The van der Waals surface area contributed by atoms with Crippen molar-refractivity contribution in [3.63, 3.8) is 0 Å². The second-order valence-electron chi connectivity index (χ2n) is 4.05. The summed E-state index contributed by atoms with van der Waals surface area (Å²) in [5.74, 6) is 1.51. The van der Waals surface area contributed by atoms with E-state index in [1.807, 2.05) is 18.2 Å². The molecule has 0 radical (unpaired) electrons. The Bertz CT molecular complexity index is 370. The third kappa shape index (κ3) is 2.88. The fraction of sp³-hybridized carbons (Fsp3) is 0.538. The molecule has 0 amide bonds. The van der Waals surface area contributed by atoms with E-state index in [2.05, 4.69) is 12.2 Å². The van der Waals surface area contributed by atoms with Gasteiger partial charge in [-0.2, -0.15) is 0 Å². The number of benzene rings is 1. The van der Waals surface area contributed by atoms with Crippen LogP contribution < -0.4 is 14.8 Å². The number of nitrogens with one attached hydrogen (secondary N) is 1. The van der Waals surface area contributed by atoms with E-state index in [9.17, 15) is 4.39 Å². The lowest BCUT2D eigenvalue weighted by Gasteiger charge is -2.10. The van der Waals surface area contributed by atoms with Gasteiger partial charge in [-0.3, -0.25) is 0 Å². The molecule has 1 heterocycles. The van der Waals surface area contributed by atoms with E-state index in [0.29, 0.717) is 12.4 Å². The van der Waals surface area contributed by atoms with Crippen molar-refractivity contribution in [3.8, 4) is 11.5 Å². The van der Waals surface area contributed by atoms with Crippen LogP contribution in [0.1, 0.15) is 24.9 Å². The summed E-state index contributed by atoms with van der Waals surface area (Å²) in [6.07, 6.45) is 1.10. The predicted molar refractivity (Wildman–Crippen MR) is 64.4 cm³/mol. The lowest BCUT2D eigenvalue weighted by molar-refractivity contribution is 0.271. The van der Waals surface area contributed by atoms with Gasteiger partial charge in [-0.1, -0.05) is 6.92 Å². The van der Waals surface area contributed by atoms with Crippen molar-refractivity contribution in [1.82, 2.24) is 5.32 Å². The van der Waals surface area contributed by atoms with Crippen LogP contribution in [-0.2, 0) is 0 Å². The molecule has 0 saturated heterocycles. The zero-order valence-electron chi connectivity index (χ0n) is 10.0. The van der Waals surface area contributed by atoms with Gasteiger partial charge in [0.15, 0.2) is 0 Å². The molecule has 94 valence electrons. The third-order valence-electron chi connectivity index (χ3n) is 2.75. The highest BCUT2D eigenvalue weighted by Crippen LogP contribution is 2.35. The summed E-state index contributed by atoms with van der Waals surface area (Å²) in [7, 11) is 0. The van der Waals surface area contributed by atoms with Gasteiger partial charge in [0.2, 0.25) is 0 Å². The summed E-state index contributed by atoms with van der Waals surface area (Å²) in [6.45, 7) is 3.39. The first-order chi connectivity index (χ1) is 8.35. The number of hydrogen-bond donors (Lipinski definition) is 1. The van der Waals surface area contributed by atoms with Gasteiger partial charge >= 0.3 is 0 Å². The number of fused-ring (bicyclic) bond motifs is 1. The number of hydrogen-bond acceptors (Lipinski definition) is 3. The molecule has 0 saturated carbocycles. The van der Waals surface area contributed by atoms with Crippen molar-refractivity contribution in [2.45, 2.75) is 19.4 Å². The topological polar surface area (TPSA) is 30.5 Å². The Morgan fingerprint density at radius 3 is 3.18 bits per heavy atom. The maximum absolute atomic E-state index is 12.0. The van der Waals surface area contributed by atoms with E-state index in [-0.39, 0.29) is 12.6 Å². The first kappa shape index (κ1) is 12.2. The Hall–Kier alpha value is -1.29. The summed E-state index contributed by atoms with van der Waals surface area (Å²) in [4.78, 5) is 0. The summed E-state index contributed by atoms with van der Waals surface area (Å²) in [5.41, 5.74) is 1.16. The molecule has 0 fully saturated rings. The molecule has 4 heteroatoms. The average Bonchev–Trinajstić information content (AvgIpc) is 2.76. The fourth-order valence-corrected chi connectivity index (χ4v) is 1.92. The van der Waals surface area contributed by atoms with Crippen LogP contribution in [-0.4, -0.2) is 26.4 Å². The van der Waals surface area contributed by atoms with Gasteiger partial charge in [0.1, 0.15) is 31.4 Å². The molecule has 17 heavy (non-hydrogen) atoms. The van der Waals surface area contributed by atoms with Crippen molar-refractivity contribution in [3.05, 3.63) is 23.8 Å². The molecule has 3 nitrogen and oxygen atoms in total. The molecule has 1 N–H and O–H groups in total. The molecule has 1 aliphatic heterocycles. The molecule has 1 aromatic carbocycles. The highest BCUT2D eigenvalue weighted by atomic mass is 19.1. The molecule has 1 atom stereocenters. The Labute approximate surface area is 101 Å². The molecule has 1 aromatic rings. The maximum Gasteiger partial charge on any atom is 0.127 e. The molecular formula is C13H18FNO2. The molecule has 1 unspecified atom stereocenters. The molecule has 0 aromatic heterocycles. The van der Waals surface area contributed by atoms with Crippen LogP contribution in [0.2, 0.25) is 0 Å². The van der Waals surface area contributed by atoms with Gasteiger partial charge in [-0.05, 0) is 25.1 Å². The lowest BCUT2D eigenvalue weighted by Crippen LogP contribution is -2.22. The minimum atomic E-state index is -0.474. The van der Waals surface area contributed by atoms with Crippen LogP contribution in [0.5, 0.6) is 11.5 Å². The summed E-state index contributed by atoms with van der Waals surface area (Å²) < 4.78 is 22.8. The van der Waals surface area contributed by atoms with Crippen LogP contribution in [0.25, 0.3) is 0 Å². The first-order valence-corrected chi connectivity index (χ1v) is 6.04. The Kier molecular flexibility index (Phi) is 4.20. The van der Waals surface area contributed by atoms with E-state index >= 15 is 0 Å². The number of alkyl halides is 1. The van der Waals surface area contributed by atoms with Crippen molar-refractivity contribution in [2.24, 2.45) is 0 Å². The highest BCUT2D eigenvalue weighted by molar-refractivity contribution is 5.45. The number of halogens is 1. The number of rotatable bonds is 6. The molecule has 0 bridgehead atoms. The summed E-state index contributed by atoms with van der Waals surface area (Å²) in [6, 6.07) is 5.95. The highest BCUT2D eigenvalue weighted by Gasteiger charge is 2.23. The quantitative estimate of drug-likeness (QED) is 0.827. The summed E-state index contributed by atoms with van der Waals surface area (Å²) >= 11 is 0. The van der Waals surface area contributed by atoms with E-state index in [4.69, 9.17) is 9.47 Å². The first-order valence-electron chi connectivity index (χ1n) is 6.04.